The van der Waals surface area contributed by atoms with E-state index in [1.54, 1.807) is 0 Å². The van der Waals surface area contributed by atoms with Gasteiger partial charge < -0.3 is 24.3 Å². The van der Waals surface area contributed by atoms with Crippen molar-refractivity contribution in [3.8, 4) is 0 Å². The molecule has 0 radical (unpaired) electrons. The lowest BCUT2D eigenvalue weighted by Crippen LogP contribution is -2.63. The van der Waals surface area contributed by atoms with Gasteiger partial charge in [-0.25, -0.2) is 4.79 Å². The first kappa shape index (κ1) is 17.9. The van der Waals surface area contributed by atoms with Crippen LogP contribution in [-0.4, -0.2) is 61.9 Å². The van der Waals surface area contributed by atoms with E-state index in [-0.39, 0.29) is 12.5 Å². The first-order valence-electron chi connectivity index (χ1n) is 6.57. The summed E-state index contributed by atoms with van der Waals surface area (Å²) in [6.07, 6.45) is -3.54. The third-order valence-corrected chi connectivity index (χ3v) is 2.90. The maximum absolute atomic E-state index is 11.8. The molecule has 1 fully saturated rings. The molecule has 4 atom stereocenters. The number of hydrogen-bond donors (Lipinski definition) is 1. The van der Waals surface area contributed by atoms with Crippen molar-refractivity contribution in [1.82, 2.24) is 5.32 Å². The molecule has 1 amide bonds. The van der Waals surface area contributed by atoms with Gasteiger partial charge in [-0.2, -0.15) is 0 Å². The maximum Gasteiger partial charge on any atom is 0.339 e. The summed E-state index contributed by atoms with van der Waals surface area (Å²) < 4.78 is 20.1. The van der Waals surface area contributed by atoms with Crippen molar-refractivity contribution in [1.29, 1.82) is 0 Å². The van der Waals surface area contributed by atoms with E-state index < -0.39 is 42.3 Å². The van der Waals surface area contributed by atoms with Gasteiger partial charge in [0.05, 0.1) is 19.8 Å². The Morgan fingerprint density at radius 3 is 2.00 bits per heavy atom. The van der Waals surface area contributed by atoms with E-state index in [0.717, 1.165) is 21.0 Å². The van der Waals surface area contributed by atoms with E-state index in [1.165, 1.54) is 6.92 Å². The van der Waals surface area contributed by atoms with Crippen molar-refractivity contribution in [2.75, 3.05) is 13.7 Å². The van der Waals surface area contributed by atoms with Crippen LogP contribution < -0.4 is 5.32 Å². The number of carbonyl (C=O) groups is 4. The third kappa shape index (κ3) is 4.69. The van der Waals surface area contributed by atoms with Crippen LogP contribution in [0.3, 0.4) is 0 Å². The Balaban J connectivity index is 3.09. The topological polar surface area (TPSA) is 117 Å². The first-order chi connectivity index (χ1) is 10.3. The first-order valence-corrected chi connectivity index (χ1v) is 6.57. The van der Waals surface area contributed by atoms with E-state index in [1.807, 2.05) is 0 Å². The Morgan fingerprint density at radius 2 is 1.55 bits per heavy atom. The summed E-state index contributed by atoms with van der Waals surface area (Å²) in [6.45, 7) is 3.48. The van der Waals surface area contributed by atoms with Crippen LogP contribution in [0.1, 0.15) is 20.8 Å². The molecular formula is C13H19NO8. The van der Waals surface area contributed by atoms with Crippen molar-refractivity contribution in [2.45, 2.75) is 45.1 Å². The van der Waals surface area contributed by atoms with Gasteiger partial charge in [0, 0.05) is 20.8 Å². The Bertz CT molecular complexity index is 463. The maximum atomic E-state index is 11.8. The van der Waals surface area contributed by atoms with E-state index in [0.29, 0.717) is 0 Å². The molecule has 9 heteroatoms. The molecule has 0 unspecified atom stereocenters. The van der Waals surface area contributed by atoms with Gasteiger partial charge in [0.15, 0.2) is 18.3 Å². The average molecular weight is 317 g/mol. The summed E-state index contributed by atoms with van der Waals surface area (Å²) in [5, 5.41) is 2.53. The quantitative estimate of drug-likeness (QED) is 0.514. The molecule has 0 aromatic rings. The van der Waals surface area contributed by atoms with Gasteiger partial charge >= 0.3 is 17.9 Å². The number of amides is 1. The van der Waals surface area contributed by atoms with Gasteiger partial charge in [0.25, 0.3) is 0 Å². The predicted molar refractivity (Wildman–Crippen MR) is 70.5 cm³/mol. The van der Waals surface area contributed by atoms with Gasteiger partial charge in [-0.1, -0.05) is 0 Å². The largest absolute Gasteiger partial charge is 0.467 e. The summed E-state index contributed by atoms with van der Waals surface area (Å²) in [5.74, 6) is -2.50. The van der Waals surface area contributed by atoms with Crippen LogP contribution in [-0.2, 0) is 38.1 Å². The molecule has 124 valence electrons. The van der Waals surface area contributed by atoms with E-state index in [9.17, 15) is 19.2 Å². The second kappa shape index (κ2) is 7.74. The van der Waals surface area contributed by atoms with Crippen molar-refractivity contribution in [3.05, 3.63) is 0 Å². The lowest BCUT2D eigenvalue weighted by atomic mass is 9.97. The highest BCUT2D eigenvalue weighted by Crippen LogP contribution is 2.23. The zero-order chi connectivity index (χ0) is 16.9. The second-order valence-electron chi connectivity index (χ2n) is 4.73. The SMILES string of the molecule is COC(=O)[C@H]1OC[C@H](NC(C)=O)[C@@H](OC(C)=O)[C@@H]1OC(C)=O. The monoisotopic (exact) mass is 317 g/mol. The molecule has 1 heterocycles. The van der Waals surface area contributed by atoms with Crippen LogP contribution in [0.15, 0.2) is 0 Å². The lowest BCUT2D eigenvalue weighted by molar-refractivity contribution is -0.208. The van der Waals surface area contributed by atoms with Gasteiger partial charge in [-0.05, 0) is 0 Å². The van der Waals surface area contributed by atoms with Crippen LogP contribution in [0.4, 0.5) is 0 Å². The van der Waals surface area contributed by atoms with Crippen LogP contribution >= 0.6 is 0 Å². The zero-order valence-electron chi connectivity index (χ0n) is 12.8. The minimum Gasteiger partial charge on any atom is -0.467 e. The van der Waals surface area contributed by atoms with Crippen LogP contribution in [0.5, 0.6) is 0 Å². The molecule has 1 aliphatic heterocycles. The van der Waals surface area contributed by atoms with Crippen molar-refractivity contribution in [2.24, 2.45) is 0 Å². The fourth-order valence-electron chi connectivity index (χ4n) is 2.16. The molecule has 1 rings (SSSR count). The predicted octanol–water partition coefficient (Wildman–Crippen LogP) is -1.07. The molecule has 0 bridgehead atoms. The highest BCUT2D eigenvalue weighted by Gasteiger charge is 2.48. The summed E-state index contributed by atoms with van der Waals surface area (Å²) >= 11 is 0. The highest BCUT2D eigenvalue weighted by atomic mass is 16.6. The third-order valence-electron chi connectivity index (χ3n) is 2.90. The lowest BCUT2D eigenvalue weighted by Gasteiger charge is -2.40. The Hall–Kier alpha value is -2.16. The van der Waals surface area contributed by atoms with Gasteiger partial charge in [-0.3, -0.25) is 14.4 Å². The second-order valence-corrected chi connectivity index (χ2v) is 4.73. The van der Waals surface area contributed by atoms with E-state index in [4.69, 9.17) is 14.2 Å². The molecule has 1 saturated heterocycles. The number of esters is 3. The summed E-state index contributed by atoms with van der Waals surface area (Å²) in [6, 6.07) is -0.758. The summed E-state index contributed by atoms with van der Waals surface area (Å²) in [7, 11) is 1.15. The fourth-order valence-corrected chi connectivity index (χ4v) is 2.16. The van der Waals surface area contributed by atoms with Gasteiger partial charge in [0.1, 0.15) is 0 Å². The average Bonchev–Trinajstić information content (AvgIpc) is 2.40. The summed E-state index contributed by atoms with van der Waals surface area (Å²) in [5.41, 5.74) is 0. The van der Waals surface area contributed by atoms with E-state index in [2.05, 4.69) is 10.1 Å². The van der Waals surface area contributed by atoms with Crippen LogP contribution in [0, 0.1) is 0 Å². The fraction of sp³-hybridized carbons (Fsp3) is 0.692. The smallest absolute Gasteiger partial charge is 0.339 e. The summed E-state index contributed by atoms with van der Waals surface area (Å²) in [4.78, 5) is 45.5. The van der Waals surface area contributed by atoms with Crippen LogP contribution in [0.2, 0.25) is 0 Å². The van der Waals surface area contributed by atoms with Gasteiger partial charge in [0.2, 0.25) is 5.91 Å². The van der Waals surface area contributed by atoms with Crippen LogP contribution in [0.25, 0.3) is 0 Å². The number of ether oxygens (including phenoxy) is 4. The molecule has 0 aliphatic carbocycles. The Kier molecular flexibility index (Phi) is 6.29. The highest BCUT2D eigenvalue weighted by molar-refractivity contribution is 5.77. The Labute approximate surface area is 127 Å². The molecular weight excluding hydrogens is 298 g/mol. The van der Waals surface area contributed by atoms with Crippen molar-refractivity contribution < 1.29 is 38.1 Å². The molecule has 0 saturated carbocycles. The molecule has 0 spiro atoms. The van der Waals surface area contributed by atoms with Crippen molar-refractivity contribution >= 4 is 23.8 Å². The standard InChI is InChI=1S/C13H19NO8/c1-6(15)14-9-5-20-12(13(18)19-4)11(22-8(3)17)10(9)21-7(2)16/h9-12H,5H2,1-4H3,(H,14,15)/t9-,10+,11-,12-/m0/s1. The number of hydrogen-bond acceptors (Lipinski definition) is 8. The normalized spacial score (nSPS) is 27.5. The molecule has 0 aromatic carbocycles. The molecule has 22 heavy (non-hydrogen) atoms. The molecule has 1 N–H and O–H groups in total. The van der Waals surface area contributed by atoms with Crippen molar-refractivity contribution in [3.63, 3.8) is 0 Å². The number of nitrogens with one attached hydrogen (secondary N) is 1. The minimum atomic E-state index is -1.25. The minimum absolute atomic E-state index is 0.102. The Morgan fingerprint density at radius 1 is 1.00 bits per heavy atom. The number of methoxy groups -OCH3 is 1. The molecule has 0 aromatic heterocycles. The molecule has 1 aliphatic rings. The van der Waals surface area contributed by atoms with E-state index >= 15 is 0 Å². The number of carbonyl (C=O) groups excluding carboxylic acids is 4. The number of rotatable bonds is 4. The van der Waals surface area contributed by atoms with Gasteiger partial charge in [-0.15, -0.1) is 0 Å². The molecule has 9 nitrogen and oxygen atoms in total. The zero-order valence-corrected chi connectivity index (χ0v) is 12.8.